The van der Waals surface area contributed by atoms with E-state index in [0.29, 0.717) is 59.5 Å². The molecule has 0 unspecified atom stereocenters. The van der Waals surface area contributed by atoms with Crippen LogP contribution in [0.2, 0.25) is 5.02 Å². The minimum absolute atomic E-state index is 0.0371. The zero-order chi connectivity index (χ0) is 52.3. The van der Waals surface area contributed by atoms with E-state index in [-0.39, 0.29) is 41.4 Å². The van der Waals surface area contributed by atoms with Gasteiger partial charge >= 0.3 is 0 Å². The second kappa shape index (κ2) is 22.2. The third-order valence-electron chi connectivity index (χ3n) is 15.2. The lowest BCUT2D eigenvalue weighted by molar-refractivity contribution is -0.777. The van der Waals surface area contributed by atoms with Crippen LogP contribution in [-0.2, 0) is 42.6 Å². The van der Waals surface area contributed by atoms with E-state index >= 15 is 0 Å². The van der Waals surface area contributed by atoms with Crippen molar-refractivity contribution in [1.82, 2.24) is 14.4 Å². The molecule has 2 amide bonds. The molecule has 1 fully saturated rings. The molecule has 14 heteroatoms. The number of carbonyl (C=O) groups excluding carboxylic acids is 3. The number of ether oxygens (including phenoxy) is 1. The Balaban J connectivity index is 0.853. The topological polar surface area (TPSA) is 120 Å². The summed E-state index contributed by atoms with van der Waals surface area (Å²) in [4.78, 5) is 47.8. The Morgan fingerprint density at radius 1 is 0.811 bits per heavy atom. The van der Waals surface area contributed by atoms with Crippen molar-refractivity contribution in [3.8, 4) is 5.75 Å². The normalized spacial score (nSPS) is 16.7. The summed E-state index contributed by atoms with van der Waals surface area (Å²) in [6, 6.07) is 31.8. The highest BCUT2D eigenvalue weighted by atomic mass is 35.5. The van der Waals surface area contributed by atoms with Gasteiger partial charge in [-0.1, -0.05) is 80.1 Å². The first kappa shape index (κ1) is 52.4. The molecule has 74 heavy (non-hydrogen) atoms. The molecular weight excluding hydrogens is 970 g/mol. The standard InChI is InChI=1S/C60H64ClN5O7S/c1-8-64-51-27-20-41(37-55(67)62-31-33-63(34-32-62)56(68)39-47-40(2)66(50-29-26-45(71-7)38-48(47)50)58(69)43-21-24-44(61)25-22-43)36-49(51)59(3,4)53(64)18-10-9-11-19-54-60(5,6)57-46-17-13-12-16-42(46)23-28-52(57)65(54)30-14-15-35-74-73-72-70/h9-13,16-29,36,38H,8,14-15,30-35,37,39H2,1-7H3. The quantitative estimate of drug-likeness (QED) is 0.0220. The predicted octanol–water partition coefficient (Wildman–Crippen LogP) is 10.8. The number of likely N-dealkylation sites (N-methyl/N-ethyl adjacent to an activating group) is 1. The van der Waals surface area contributed by atoms with Crippen molar-refractivity contribution in [2.24, 2.45) is 0 Å². The Morgan fingerprint density at radius 3 is 2.26 bits per heavy atom. The van der Waals surface area contributed by atoms with E-state index in [1.54, 1.807) is 35.9 Å². The Hall–Kier alpha value is -6.48. The third kappa shape index (κ3) is 10.2. The van der Waals surface area contributed by atoms with Crippen molar-refractivity contribution in [1.29, 1.82) is 0 Å². The van der Waals surface area contributed by atoms with Crippen molar-refractivity contribution >= 4 is 80.1 Å². The van der Waals surface area contributed by atoms with E-state index in [9.17, 15) is 19.6 Å². The average Bonchev–Trinajstić information content (AvgIpc) is 3.90. The maximum absolute atomic E-state index is 14.0. The van der Waals surface area contributed by atoms with Crippen molar-refractivity contribution in [3.63, 3.8) is 0 Å². The van der Waals surface area contributed by atoms with Gasteiger partial charge in [0.25, 0.3) is 5.91 Å². The van der Waals surface area contributed by atoms with Gasteiger partial charge in [0.1, 0.15) is 12.3 Å². The first-order chi connectivity index (χ1) is 35.7. The van der Waals surface area contributed by atoms with Crippen LogP contribution in [0.3, 0.4) is 0 Å². The number of hydrogen-bond donors (Lipinski definition) is 0. The molecule has 0 N–H and O–H groups in total. The molecule has 9 rings (SSSR count). The average molecular weight is 1030 g/mol. The van der Waals surface area contributed by atoms with Crippen LogP contribution in [0.15, 0.2) is 133 Å². The van der Waals surface area contributed by atoms with Crippen molar-refractivity contribution in [2.75, 3.05) is 57.0 Å². The van der Waals surface area contributed by atoms with Crippen LogP contribution in [0, 0.1) is 6.92 Å². The van der Waals surface area contributed by atoms with Crippen LogP contribution in [0.4, 0.5) is 11.4 Å². The molecule has 1 aromatic heterocycles. The van der Waals surface area contributed by atoms with Gasteiger partial charge in [0.05, 0.1) is 30.9 Å². The number of hydrogen-bond acceptors (Lipinski definition) is 9. The molecule has 1 saturated heterocycles. The van der Waals surface area contributed by atoms with Gasteiger partial charge in [-0.3, -0.25) is 24.0 Å². The number of aromatic nitrogens is 1. The lowest BCUT2D eigenvalue weighted by Gasteiger charge is -2.35. The Labute approximate surface area is 443 Å². The van der Waals surface area contributed by atoms with Gasteiger partial charge in [-0.15, -0.1) is 0 Å². The minimum Gasteiger partial charge on any atom is -0.691 e. The Kier molecular flexibility index (Phi) is 15.7. The highest BCUT2D eigenvalue weighted by Crippen LogP contribution is 2.48. The van der Waals surface area contributed by atoms with Gasteiger partial charge in [0, 0.05) is 113 Å². The van der Waals surface area contributed by atoms with Gasteiger partial charge < -0.3 is 24.7 Å². The second-order valence-corrected chi connectivity index (χ2v) is 21.5. The molecule has 6 aromatic rings. The molecule has 384 valence electrons. The molecule has 3 aliphatic rings. The molecule has 0 spiro atoms. The Bertz CT molecular complexity index is 3250. The summed E-state index contributed by atoms with van der Waals surface area (Å²) in [6.07, 6.45) is 13.0. The number of piperazine rings is 1. The molecule has 0 radical (unpaired) electrons. The molecule has 0 saturated carbocycles. The first-order valence-electron chi connectivity index (χ1n) is 25.4. The number of carbonyl (C=O) groups is 3. The fourth-order valence-electron chi connectivity index (χ4n) is 11.3. The van der Waals surface area contributed by atoms with Crippen LogP contribution in [-0.4, -0.2) is 94.5 Å². The van der Waals surface area contributed by atoms with E-state index in [4.69, 9.17) is 16.3 Å². The predicted molar refractivity (Wildman–Crippen MR) is 294 cm³/mol. The van der Waals surface area contributed by atoms with Gasteiger partial charge in [-0.2, -0.15) is 8.91 Å². The number of amides is 2. The molecule has 12 nitrogen and oxygen atoms in total. The van der Waals surface area contributed by atoms with Crippen molar-refractivity contribution < 1.29 is 38.3 Å². The van der Waals surface area contributed by atoms with E-state index in [2.05, 4.69) is 138 Å². The number of unbranched alkanes of at least 4 members (excludes halogenated alkanes) is 1. The number of fused-ring (bicyclic) bond motifs is 5. The van der Waals surface area contributed by atoms with Gasteiger partial charge in [0.15, 0.2) is 5.71 Å². The lowest BCUT2D eigenvalue weighted by atomic mass is 9.79. The van der Waals surface area contributed by atoms with Crippen molar-refractivity contribution in [3.05, 3.63) is 172 Å². The number of allylic oxidation sites excluding steroid dienone is 6. The van der Waals surface area contributed by atoms with E-state index < -0.39 is 0 Å². The summed E-state index contributed by atoms with van der Waals surface area (Å²) in [5, 5.41) is 17.6. The smallest absolute Gasteiger partial charge is 0.262 e. The highest BCUT2D eigenvalue weighted by molar-refractivity contribution is 7.94. The number of methoxy groups -OCH3 is 1. The maximum Gasteiger partial charge on any atom is 0.262 e. The largest absolute Gasteiger partial charge is 0.691 e. The maximum atomic E-state index is 14.0. The molecule has 0 atom stereocenters. The molecular formula is C60H64ClN5O7S. The van der Waals surface area contributed by atoms with Crippen LogP contribution < -0.4 is 14.9 Å². The fourth-order valence-corrected chi connectivity index (χ4v) is 11.9. The van der Waals surface area contributed by atoms with Crippen LogP contribution >= 0.6 is 23.6 Å². The van der Waals surface area contributed by atoms with E-state index in [0.717, 1.165) is 60.2 Å². The first-order valence-corrected chi connectivity index (χ1v) is 26.7. The summed E-state index contributed by atoms with van der Waals surface area (Å²) in [5.41, 5.74) is 10.4. The number of halogens is 1. The number of rotatable bonds is 17. The molecule has 3 aliphatic heterocycles. The molecule has 0 bridgehead atoms. The summed E-state index contributed by atoms with van der Waals surface area (Å²) >= 11 is 7.16. The van der Waals surface area contributed by atoms with Gasteiger partial charge in [-0.25, -0.2) is 0 Å². The monoisotopic (exact) mass is 1030 g/mol. The zero-order valence-corrected chi connectivity index (χ0v) is 44.9. The summed E-state index contributed by atoms with van der Waals surface area (Å²) in [7, 11) is 1.60. The van der Waals surface area contributed by atoms with Crippen molar-refractivity contribution in [2.45, 2.75) is 78.1 Å². The lowest BCUT2D eigenvalue weighted by Crippen LogP contribution is -2.51. The minimum atomic E-state index is -0.311. The number of anilines is 1. The third-order valence-corrected chi connectivity index (χ3v) is 16.1. The fraction of sp³-hybridized carbons (Fsp3) is 0.333. The SMILES string of the molecule is CCN1/C(=C/C=C/C=C/C2=[N+](CCCCSOO[O-])c3ccc4ccccc4c3C2(C)C)C(C)(C)c2cc(CC(=O)N3CCN(C(=O)Cc4c(C)n(C(=O)c5ccc(Cl)cc5)c5ccc(OC)cc45)CC3)ccc21. The number of benzene rings is 5. The molecule has 5 aromatic carbocycles. The number of nitrogens with zero attached hydrogens (tertiary/aromatic N) is 5. The van der Waals surface area contributed by atoms with Gasteiger partial charge in [-0.05, 0) is 122 Å². The zero-order valence-electron chi connectivity index (χ0n) is 43.3. The van der Waals surface area contributed by atoms with Crippen LogP contribution in [0.1, 0.15) is 85.8 Å². The van der Waals surface area contributed by atoms with E-state index in [1.165, 1.54) is 39.0 Å². The second-order valence-electron chi connectivity index (χ2n) is 20.2. The van der Waals surface area contributed by atoms with E-state index in [1.807, 2.05) is 34.9 Å². The highest BCUT2D eigenvalue weighted by Gasteiger charge is 2.45. The Morgan fingerprint density at radius 2 is 1.54 bits per heavy atom. The summed E-state index contributed by atoms with van der Waals surface area (Å²) in [5.74, 6) is 1.07. The summed E-state index contributed by atoms with van der Waals surface area (Å²) < 4.78 is 14.1. The molecule has 4 heterocycles. The van der Waals surface area contributed by atoms with Crippen LogP contribution in [0.25, 0.3) is 21.7 Å². The molecule has 0 aliphatic carbocycles. The van der Waals surface area contributed by atoms with Gasteiger partial charge in [0.2, 0.25) is 17.5 Å². The van der Waals surface area contributed by atoms with Crippen LogP contribution in [0.5, 0.6) is 5.75 Å². The summed E-state index contributed by atoms with van der Waals surface area (Å²) in [6.45, 7) is 16.5.